The second kappa shape index (κ2) is 7.79. The maximum absolute atomic E-state index is 11.7. The molecule has 0 unspecified atom stereocenters. The molecule has 0 aliphatic carbocycles. The summed E-state index contributed by atoms with van der Waals surface area (Å²) < 4.78 is 4.72. The van der Waals surface area contributed by atoms with Crippen LogP contribution in [0.1, 0.15) is 15.9 Å². The molecule has 8 heteroatoms. The Kier molecular flexibility index (Phi) is 5.28. The van der Waals surface area contributed by atoms with Crippen LogP contribution in [0.15, 0.2) is 48.7 Å². The highest BCUT2D eigenvalue weighted by atomic mass is 35.5. The largest absolute Gasteiger partial charge is 0.465 e. The van der Waals surface area contributed by atoms with Crippen LogP contribution < -0.4 is 10.6 Å². The van der Waals surface area contributed by atoms with Gasteiger partial charge in [-0.3, -0.25) is 0 Å². The number of hydrogen-bond acceptors (Lipinski definition) is 7. The molecule has 0 aliphatic heterocycles. The van der Waals surface area contributed by atoms with Crippen molar-refractivity contribution in [1.29, 1.82) is 0 Å². The number of aryl methyl sites for hydroxylation is 1. The van der Waals surface area contributed by atoms with E-state index in [1.165, 1.54) is 13.3 Å². The highest BCUT2D eigenvalue weighted by molar-refractivity contribution is 6.33. The third-order valence-electron chi connectivity index (χ3n) is 3.52. The maximum Gasteiger partial charge on any atom is 0.337 e. The van der Waals surface area contributed by atoms with Crippen molar-refractivity contribution < 1.29 is 9.53 Å². The lowest BCUT2D eigenvalue weighted by Crippen LogP contribution is -2.04. The SMILES string of the molecule is COC(=O)c1ccc(Cl)c(Nc2cnnc(Nc3ccc(C)cc3)n2)c1. The maximum atomic E-state index is 11.7. The van der Waals surface area contributed by atoms with Gasteiger partial charge in [0.15, 0.2) is 5.82 Å². The molecule has 3 rings (SSSR count). The summed E-state index contributed by atoms with van der Waals surface area (Å²) in [5.41, 5.74) is 2.89. The zero-order valence-corrected chi connectivity index (χ0v) is 14.9. The zero-order valence-electron chi connectivity index (χ0n) is 14.2. The summed E-state index contributed by atoms with van der Waals surface area (Å²) in [6.45, 7) is 2.01. The predicted octanol–water partition coefficient (Wildman–Crippen LogP) is 4.11. The van der Waals surface area contributed by atoms with Crippen LogP contribution in [0.25, 0.3) is 0 Å². The molecule has 1 aromatic heterocycles. The van der Waals surface area contributed by atoms with E-state index < -0.39 is 5.97 Å². The van der Waals surface area contributed by atoms with Crippen molar-refractivity contribution >= 4 is 40.7 Å². The number of halogens is 1. The standard InChI is InChI=1S/C18H16ClN5O2/c1-11-3-6-13(7-4-11)21-18-23-16(10-20-24-18)22-15-9-12(17(25)26-2)5-8-14(15)19/h3-10H,1-2H3,(H2,21,22,23,24). The minimum atomic E-state index is -0.452. The van der Waals surface area contributed by atoms with Gasteiger partial charge in [0.2, 0.25) is 5.95 Å². The van der Waals surface area contributed by atoms with E-state index in [1.54, 1.807) is 18.2 Å². The number of ether oxygens (including phenoxy) is 1. The van der Waals surface area contributed by atoms with Crippen molar-refractivity contribution in [3.63, 3.8) is 0 Å². The highest BCUT2D eigenvalue weighted by Crippen LogP contribution is 2.26. The summed E-state index contributed by atoms with van der Waals surface area (Å²) in [5, 5.41) is 14.4. The van der Waals surface area contributed by atoms with Crippen LogP contribution in [0.3, 0.4) is 0 Å². The molecule has 2 N–H and O–H groups in total. The molecular formula is C18H16ClN5O2. The van der Waals surface area contributed by atoms with Gasteiger partial charge in [-0.15, -0.1) is 5.10 Å². The fraction of sp³-hybridized carbons (Fsp3) is 0.111. The number of carbonyl (C=O) groups excluding carboxylic acids is 1. The van der Waals surface area contributed by atoms with E-state index in [0.717, 1.165) is 11.3 Å². The smallest absolute Gasteiger partial charge is 0.337 e. The van der Waals surface area contributed by atoms with Gasteiger partial charge in [-0.1, -0.05) is 29.3 Å². The number of anilines is 4. The second-order valence-electron chi connectivity index (χ2n) is 5.47. The first kappa shape index (κ1) is 17.6. The molecule has 0 amide bonds. The summed E-state index contributed by atoms with van der Waals surface area (Å²) in [6, 6.07) is 12.6. The molecule has 0 fully saturated rings. The molecule has 7 nitrogen and oxygen atoms in total. The molecule has 0 saturated heterocycles. The van der Waals surface area contributed by atoms with Crippen LogP contribution in [0.5, 0.6) is 0 Å². The van der Waals surface area contributed by atoms with Gasteiger partial charge < -0.3 is 15.4 Å². The Morgan fingerprint density at radius 1 is 1.12 bits per heavy atom. The number of methoxy groups -OCH3 is 1. The summed E-state index contributed by atoms with van der Waals surface area (Å²) in [6.07, 6.45) is 1.46. The van der Waals surface area contributed by atoms with Crippen molar-refractivity contribution in [2.75, 3.05) is 17.7 Å². The lowest BCUT2D eigenvalue weighted by Gasteiger charge is -2.10. The normalized spacial score (nSPS) is 10.3. The first-order valence-electron chi connectivity index (χ1n) is 7.73. The van der Waals surface area contributed by atoms with Crippen LogP contribution in [0, 0.1) is 6.92 Å². The van der Waals surface area contributed by atoms with Crippen molar-refractivity contribution in [3.8, 4) is 0 Å². The molecule has 26 heavy (non-hydrogen) atoms. The van der Waals surface area contributed by atoms with Crippen molar-refractivity contribution in [3.05, 3.63) is 64.8 Å². The molecule has 0 aliphatic rings. The fourth-order valence-corrected chi connectivity index (χ4v) is 2.35. The van der Waals surface area contributed by atoms with Crippen LogP contribution in [-0.4, -0.2) is 28.3 Å². The van der Waals surface area contributed by atoms with Gasteiger partial charge in [0.1, 0.15) is 0 Å². The minimum absolute atomic E-state index is 0.332. The average molecular weight is 370 g/mol. The van der Waals surface area contributed by atoms with Gasteiger partial charge in [-0.2, -0.15) is 10.1 Å². The van der Waals surface area contributed by atoms with Gasteiger partial charge in [-0.05, 0) is 37.3 Å². The fourth-order valence-electron chi connectivity index (χ4n) is 2.19. The summed E-state index contributed by atoms with van der Waals surface area (Å²) in [4.78, 5) is 16.0. The van der Waals surface area contributed by atoms with E-state index in [-0.39, 0.29) is 0 Å². The zero-order chi connectivity index (χ0) is 18.5. The Bertz CT molecular complexity index is 931. The summed E-state index contributed by atoms with van der Waals surface area (Å²) >= 11 is 6.18. The number of rotatable bonds is 5. The van der Waals surface area contributed by atoms with Crippen molar-refractivity contribution in [1.82, 2.24) is 15.2 Å². The van der Waals surface area contributed by atoms with E-state index in [4.69, 9.17) is 16.3 Å². The Morgan fingerprint density at radius 2 is 1.88 bits per heavy atom. The molecule has 1 heterocycles. The van der Waals surface area contributed by atoms with E-state index in [0.29, 0.717) is 28.0 Å². The predicted molar refractivity (Wildman–Crippen MR) is 100 cm³/mol. The van der Waals surface area contributed by atoms with Gasteiger partial charge in [-0.25, -0.2) is 4.79 Å². The Balaban J connectivity index is 1.80. The lowest BCUT2D eigenvalue weighted by atomic mass is 10.2. The number of aromatic nitrogens is 3. The monoisotopic (exact) mass is 369 g/mol. The number of nitrogens with zero attached hydrogens (tertiary/aromatic N) is 3. The van der Waals surface area contributed by atoms with Crippen LogP contribution >= 0.6 is 11.6 Å². The number of carbonyl (C=O) groups is 1. The third-order valence-corrected chi connectivity index (χ3v) is 3.85. The molecule has 0 radical (unpaired) electrons. The van der Waals surface area contributed by atoms with Gasteiger partial charge >= 0.3 is 5.97 Å². The molecule has 132 valence electrons. The molecule has 0 bridgehead atoms. The molecule has 0 atom stereocenters. The quantitative estimate of drug-likeness (QED) is 0.654. The van der Waals surface area contributed by atoms with Crippen LogP contribution in [-0.2, 0) is 4.74 Å². The second-order valence-corrected chi connectivity index (χ2v) is 5.87. The van der Waals surface area contributed by atoms with Gasteiger partial charge in [0.25, 0.3) is 0 Å². The Labute approximate surface area is 155 Å². The van der Waals surface area contributed by atoms with Crippen LogP contribution in [0.4, 0.5) is 23.1 Å². The van der Waals surface area contributed by atoms with Crippen molar-refractivity contribution in [2.45, 2.75) is 6.92 Å². The molecule has 0 saturated carbocycles. The van der Waals surface area contributed by atoms with Crippen LogP contribution in [0.2, 0.25) is 5.02 Å². The Hall–Kier alpha value is -3.19. The van der Waals surface area contributed by atoms with E-state index in [1.807, 2.05) is 31.2 Å². The summed E-state index contributed by atoms with van der Waals surface area (Å²) in [7, 11) is 1.32. The number of benzene rings is 2. The molecule has 0 spiro atoms. The average Bonchev–Trinajstić information content (AvgIpc) is 2.65. The van der Waals surface area contributed by atoms with Crippen molar-refractivity contribution in [2.24, 2.45) is 0 Å². The molecular weight excluding hydrogens is 354 g/mol. The lowest BCUT2D eigenvalue weighted by molar-refractivity contribution is 0.0601. The Morgan fingerprint density at radius 3 is 2.62 bits per heavy atom. The minimum Gasteiger partial charge on any atom is -0.465 e. The number of esters is 1. The number of nitrogens with one attached hydrogen (secondary N) is 2. The molecule has 2 aromatic carbocycles. The first-order valence-corrected chi connectivity index (χ1v) is 8.11. The van der Waals surface area contributed by atoms with E-state index in [9.17, 15) is 4.79 Å². The summed E-state index contributed by atoms with van der Waals surface area (Å²) in [5.74, 6) is 0.310. The highest BCUT2D eigenvalue weighted by Gasteiger charge is 2.10. The first-order chi connectivity index (χ1) is 12.5. The number of hydrogen-bond donors (Lipinski definition) is 2. The third kappa shape index (κ3) is 4.25. The molecule has 3 aromatic rings. The topological polar surface area (TPSA) is 89.0 Å². The van der Waals surface area contributed by atoms with Gasteiger partial charge in [0.05, 0.1) is 29.6 Å². The van der Waals surface area contributed by atoms with E-state index in [2.05, 4.69) is 25.8 Å². The van der Waals surface area contributed by atoms with E-state index >= 15 is 0 Å². The van der Waals surface area contributed by atoms with Gasteiger partial charge in [0, 0.05) is 5.69 Å².